The molecular formula is C7H13. The summed E-state index contributed by atoms with van der Waals surface area (Å²) in [5, 5.41) is 0. The molecule has 7 heavy (non-hydrogen) atoms. The highest BCUT2D eigenvalue weighted by atomic mass is 14.1. The SMILES string of the molecule is C=[C]C(C)(C)CC. The maximum atomic E-state index is 3.58. The monoisotopic (exact) mass is 97.1 g/mol. The van der Waals surface area contributed by atoms with Gasteiger partial charge in [-0.3, -0.25) is 0 Å². The van der Waals surface area contributed by atoms with Gasteiger partial charge in [-0.2, -0.15) is 0 Å². The van der Waals surface area contributed by atoms with Gasteiger partial charge in [0, 0.05) is 0 Å². The van der Waals surface area contributed by atoms with Crippen LogP contribution < -0.4 is 0 Å². The molecule has 1 radical (unpaired) electrons. The summed E-state index contributed by atoms with van der Waals surface area (Å²) in [6.45, 7) is 9.97. The van der Waals surface area contributed by atoms with Crippen LogP contribution in [-0.2, 0) is 0 Å². The lowest BCUT2D eigenvalue weighted by Crippen LogP contribution is -2.03. The average Bonchev–Trinajstić information content (AvgIpc) is 1.68. The molecule has 0 spiro atoms. The van der Waals surface area contributed by atoms with E-state index in [0.717, 1.165) is 6.42 Å². The molecule has 41 valence electrons. The number of hydrogen-bond acceptors (Lipinski definition) is 0. The highest BCUT2D eigenvalue weighted by molar-refractivity contribution is 4.77. The van der Waals surface area contributed by atoms with E-state index >= 15 is 0 Å². The van der Waals surface area contributed by atoms with Gasteiger partial charge in [-0.25, -0.2) is 0 Å². The van der Waals surface area contributed by atoms with Crippen molar-refractivity contribution < 1.29 is 0 Å². The van der Waals surface area contributed by atoms with Gasteiger partial charge in [-0.05, 0) is 17.9 Å². The quantitative estimate of drug-likeness (QED) is 0.496. The van der Waals surface area contributed by atoms with Crippen molar-refractivity contribution in [2.45, 2.75) is 27.2 Å². The van der Waals surface area contributed by atoms with Crippen LogP contribution in [0.15, 0.2) is 6.58 Å². The Kier molecular flexibility index (Phi) is 2.07. The molecule has 0 heterocycles. The van der Waals surface area contributed by atoms with Crippen molar-refractivity contribution in [1.82, 2.24) is 0 Å². The van der Waals surface area contributed by atoms with Crippen molar-refractivity contribution >= 4 is 0 Å². The molecule has 0 amide bonds. The summed E-state index contributed by atoms with van der Waals surface area (Å²) in [5.74, 6) is 0. The van der Waals surface area contributed by atoms with Crippen molar-refractivity contribution in [1.29, 1.82) is 0 Å². The van der Waals surface area contributed by atoms with Crippen LogP contribution in [-0.4, -0.2) is 0 Å². The van der Waals surface area contributed by atoms with E-state index in [2.05, 4.69) is 33.4 Å². The van der Waals surface area contributed by atoms with Crippen molar-refractivity contribution in [3.8, 4) is 0 Å². The maximum absolute atomic E-state index is 3.58. The fourth-order valence-electron chi connectivity index (χ4n) is 0.125. The Balaban J connectivity index is 3.58. The van der Waals surface area contributed by atoms with E-state index in [1.165, 1.54) is 0 Å². The molecule has 0 rings (SSSR count). The van der Waals surface area contributed by atoms with Gasteiger partial charge < -0.3 is 0 Å². The third-order valence-corrected chi connectivity index (χ3v) is 1.36. The highest BCUT2D eigenvalue weighted by Gasteiger charge is 2.07. The number of hydrogen-bond donors (Lipinski definition) is 0. The minimum atomic E-state index is 0.222. The Hall–Kier alpha value is -0.260. The molecule has 0 aromatic rings. The zero-order valence-electron chi connectivity index (χ0n) is 5.41. The van der Waals surface area contributed by atoms with E-state index < -0.39 is 0 Å². The summed E-state index contributed by atoms with van der Waals surface area (Å²) >= 11 is 0. The molecule has 0 nitrogen and oxygen atoms in total. The van der Waals surface area contributed by atoms with Crippen LogP contribution in [0.1, 0.15) is 27.2 Å². The number of allylic oxidation sites excluding steroid dienone is 1. The van der Waals surface area contributed by atoms with Crippen LogP contribution >= 0.6 is 0 Å². The van der Waals surface area contributed by atoms with E-state index in [1.807, 2.05) is 0 Å². The molecule has 0 aliphatic rings. The maximum Gasteiger partial charge on any atom is -0.0109 e. The molecule has 0 aliphatic carbocycles. The highest BCUT2D eigenvalue weighted by Crippen LogP contribution is 2.18. The van der Waals surface area contributed by atoms with E-state index in [4.69, 9.17) is 0 Å². The van der Waals surface area contributed by atoms with E-state index in [1.54, 1.807) is 0 Å². The smallest absolute Gasteiger partial charge is 0.0109 e. The van der Waals surface area contributed by atoms with Gasteiger partial charge in [0.05, 0.1) is 0 Å². The molecule has 0 saturated carbocycles. The lowest BCUT2D eigenvalue weighted by Gasteiger charge is -2.14. The van der Waals surface area contributed by atoms with Crippen molar-refractivity contribution in [2.24, 2.45) is 5.41 Å². The zero-order valence-corrected chi connectivity index (χ0v) is 5.41. The van der Waals surface area contributed by atoms with Crippen LogP contribution in [0.4, 0.5) is 0 Å². The van der Waals surface area contributed by atoms with Gasteiger partial charge in [0.2, 0.25) is 0 Å². The van der Waals surface area contributed by atoms with E-state index in [-0.39, 0.29) is 5.41 Å². The van der Waals surface area contributed by atoms with E-state index in [9.17, 15) is 0 Å². The Morgan fingerprint density at radius 3 is 2.00 bits per heavy atom. The van der Waals surface area contributed by atoms with Gasteiger partial charge in [0.15, 0.2) is 0 Å². The fraction of sp³-hybridized carbons (Fsp3) is 0.714. The Labute approximate surface area is 46.2 Å². The molecular weight excluding hydrogens is 84.1 g/mol. The predicted octanol–water partition coefficient (Wildman–Crippen LogP) is 2.41. The Morgan fingerprint density at radius 2 is 2.00 bits per heavy atom. The molecule has 0 aromatic carbocycles. The molecule has 0 aliphatic heterocycles. The minimum absolute atomic E-state index is 0.222. The molecule has 0 heteroatoms. The summed E-state index contributed by atoms with van der Waals surface area (Å²) in [4.78, 5) is 0. The second-order valence-electron chi connectivity index (χ2n) is 2.41. The number of rotatable bonds is 2. The Morgan fingerprint density at radius 1 is 1.57 bits per heavy atom. The lowest BCUT2D eigenvalue weighted by molar-refractivity contribution is 0.447. The van der Waals surface area contributed by atoms with Gasteiger partial charge in [-0.15, -0.1) is 0 Å². The second-order valence-corrected chi connectivity index (χ2v) is 2.41. The van der Waals surface area contributed by atoms with Crippen LogP contribution in [0.25, 0.3) is 0 Å². The van der Waals surface area contributed by atoms with Gasteiger partial charge in [0.25, 0.3) is 0 Å². The molecule has 0 unspecified atom stereocenters. The Bertz CT molecular complexity index is 60.4. The van der Waals surface area contributed by atoms with Gasteiger partial charge in [-0.1, -0.05) is 27.4 Å². The molecule has 0 saturated heterocycles. The molecule has 0 aromatic heterocycles. The van der Waals surface area contributed by atoms with Crippen molar-refractivity contribution in [3.63, 3.8) is 0 Å². The minimum Gasteiger partial charge on any atom is -0.0950 e. The summed E-state index contributed by atoms with van der Waals surface area (Å²) in [6, 6.07) is 0. The molecule has 0 bridgehead atoms. The van der Waals surface area contributed by atoms with Gasteiger partial charge >= 0.3 is 0 Å². The second kappa shape index (κ2) is 2.15. The third kappa shape index (κ3) is 2.44. The van der Waals surface area contributed by atoms with Crippen molar-refractivity contribution in [2.75, 3.05) is 0 Å². The molecule has 0 fully saturated rings. The van der Waals surface area contributed by atoms with Gasteiger partial charge in [0.1, 0.15) is 0 Å². The van der Waals surface area contributed by atoms with Crippen LogP contribution in [0.5, 0.6) is 0 Å². The predicted molar refractivity (Wildman–Crippen MR) is 32.9 cm³/mol. The summed E-state index contributed by atoms with van der Waals surface area (Å²) in [5.41, 5.74) is 0.222. The average molecular weight is 97.2 g/mol. The fourth-order valence-corrected chi connectivity index (χ4v) is 0.125. The largest absolute Gasteiger partial charge is 0.0950 e. The molecule has 0 atom stereocenters. The lowest BCUT2D eigenvalue weighted by atomic mass is 9.91. The summed E-state index contributed by atoms with van der Waals surface area (Å²) < 4.78 is 0. The summed E-state index contributed by atoms with van der Waals surface area (Å²) in [7, 11) is 0. The molecule has 0 N–H and O–H groups in total. The topological polar surface area (TPSA) is 0 Å². The van der Waals surface area contributed by atoms with Crippen LogP contribution in [0.2, 0.25) is 0 Å². The first-order chi connectivity index (χ1) is 3.12. The van der Waals surface area contributed by atoms with E-state index in [0.29, 0.717) is 0 Å². The van der Waals surface area contributed by atoms with Crippen LogP contribution in [0.3, 0.4) is 0 Å². The third-order valence-electron chi connectivity index (χ3n) is 1.36. The zero-order chi connectivity index (χ0) is 5.91. The first-order valence-electron chi connectivity index (χ1n) is 2.66. The van der Waals surface area contributed by atoms with Crippen molar-refractivity contribution in [3.05, 3.63) is 12.7 Å². The normalized spacial score (nSPS) is 11.3. The standard InChI is InChI=1S/C7H13/c1-5-7(3,4)6-2/h1,6H2,2-4H3. The first kappa shape index (κ1) is 6.74. The first-order valence-corrected chi connectivity index (χ1v) is 2.66. The summed E-state index contributed by atoms with van der Waals surface area (Å²) in [6.07, 6.45) is 4.06. The van der Waals surface area contributed by atoms with Crippen LogP contribution in [0, 0.1) is 11.5 Å².